The van der Waals surface area contributed by atoms with E-state index in [0.717, 1.165) is 10.0 Å². The van der Waals surface area contributed by atoms with Crippen molar-refractivity contribution in [3.63, 3.8) is 0 Å². The van der Waals surface area contributed by atoms with Gasteiger partial charge in [-0.1, -0.05) is 0 Å². The van der Waals surface area contributed by atoms with E-state index in [2.05, 4.69) is 31.0 Å². The number of rotatable bonds is 2. The first-order valence-electron chi connectivity index (χ1n) is 4.44. The van der Waals surface area contributed by atoms with Crippen LogP contribution in [0.1, 0.15) is 11.4 Å². The summed E-state index contributed by atoms with van der Waals surface area (Å²) in [4.78, 5) is 8.31. The number of hydrogen-bond acceptors (Lipinski definition) is 4. The maximum Gasteiger partial charge on any atom is 0.169 e. The van der Waals surface area contributed by atoms with Gasteiger partial charge in [-0.2, -0.15) is 0 Å². The van der Waals surface area contributed by atoms with Crippen molar-refractivity contribution in [1.29, 1.82) is 0 Å². The zero-order valence-corrected chi connectivity index (χ0v) is 9.77. The van der Waals surface area contributed by atoms with E-state index in [9.17, 15) is 0 Å². The monoisotopic (exact) mass is 267 g/mol. The Morgan fingerprint density at radius 3 is 2.87 bits per heavy atom. The van der Waals surface area contributed by atoms with Crippen LogP contribution in [0.3, 0.4) is 0 Å². The van der Waals surface area contributed by atoms with Gasteiger partial charge in [0.05, 0.1) is 11.0 Å². The normalized spacial score (nSPS) is 10.6. The third kappa shape index (κ3) is 2.05. The van der Waals surface area contributed by atoms with E-state index in [1.807, 2.05) is 13.0 Å². The van der Waals surface area contributed by atoms with E-state index in [4.69, 9.17) is 5.73 Å². The maximum atomic E-state index is 5.43. The van der Waals surface area contributed by atoms with Gasteiger partial charge in [0, 0.05) is 6.20 Å². The van der Waals surface area contributed by atoms with Crippen LogP contribution in [0, 0.1) is 6.92 Å². The Balaban J connectivity index is 2.44. The summed E-state index contributed by atoms with van der Waals surface area (Å²) in [7, 11) is 0. The highest BCUT2D eigenvalue weighted by molar-refractivity contribution is 9.10. The largest absolute Gasteiger partial charge is 0.324 e. The SMILES string of the molecule is Cc1cnc(-n2cnc(CN)n2)c(Br)c1. The molecule has 0 aromatic carbocycles. The van der Waals surface area contributed by atoms with Crippen molar-refractivity contribution in [1.82, 2.24) is 19.7 Å². The molecule has 0 aliphatic heterocycles. The molecule has 0 bridgehead atoms. The molecule has 0 unspecified atom stereocenters. The summed E-state index contributed by atoms with van der Waals surface area (Å²) in [6.45, 7) is 2.31. The highest BCUT2D eigenvalue weighted by Crippen LogP contribution is 2.18. The Morgan fingerprint density at radius 2 is 2.27 bits per heavy atom. The van der Waals surface area contributed by atoms with Gasteiger partial charge in [0.15, 0.2) is 11.6 Å². The lowest BCUT2D eigenvalue weighted by molar-refractivity contribution is 0.804. The fraction of sp³-hybridized carbons (Fsp3) is 0.222. The molecule has 0 radical (unpaired) electrons. The highest BCUT2D eigenvalue weighted by atomic mass is 79.9. The van der Waals surface area contributed by atoms with Crippen LogP contribution < -0.4 is 5.73 Å². The van der Waals surface area contributed by atoms with Crippen LogP contribution in [0.25, 0.3) is 5.82 Å². The van der Waals surface area contributed by atoms with Gasteiger partial charge >= 0.3 is 0 Å². The maximum absolute atomic E-state index is 5.43. The summed E-state index contributed by atoms with van der Waals surface area (Å²) < 4.78 is 2.49. The second-order valence-corrected chi connectivity index (χ2v) is 3.98. The van der Waals surface area contributed by atoms with E-state index in [1.165, 1.54) is 0 Å². The van der Waals surface area contributed by atoms with E-state index < -0.39 is 0 Å². The van der Waals surface area contributed by atoms with Crippen molar-refractivity contribution >= 4 is 15.9 Å². The van der Waals surface area contributed by atoms with Crippen molar-refractivity contribution in [2.75, 3.05) is 0 Å². The third-order valence-corrected chi connectivity index (χ3v) is 2.48. The van der Waals surface area contributed by atoms with Gasteiger partial charge in [0.2, 0.25) is 0 Å². The van der Waals surface area contributed by atoms with Crippen LogP contribution in [-0.4, -0.2) is 19.7 Å². The van der Waals surface area contributed by atoms with Crippen LogP contribution >= 0.6 is 15.9 Å². The van der Waals surface area contributed by atoms with E-state index >= 15 is 0 Å². The molecule has 0 atom stereocenters. The number of halogens is 1. The number of hydrogen-bond donors (Lipinski definition) is 1. The number of aryl methyl sites for hydroxylation is 1. The zero-order chi connectivity index (χ0) is 10.8. The minimum atomic E-state index is 0.330. The molecule has 0 aliphatic rings. The molecule has 2 rings (SSSR count). The molecule has 2 aromatic rings. The molecule has 5 nitrogen and oxygen atoms in total. The van der Waals surface area contributed by atoms with Crippen molar-refractivity contribution in [2.24, 2.45) is 5.73 Å². The highest BCUT2D eigenvalue weighted by Gasteiger charge is 2.06. The van der Waals surface area contributed by atoms with Crippen LogP contribution in [0.2, 0.25) is 0 Å². The van der Waals surface area contributed by atoms with Crippen molar-refractivity contribution in [3.05, 3.63) is 34.5 Å². The summed E-state index contributed by atoms with van der Waals surface area (Å²) in [6, 6.07) is 1.98. The van der Waals surface area contributed by atoms with Gasteiger partial charge in [-0.05, 0) is 34.5 Å². The van der Waals surface area contributed by atoms with Crippen molar-refractivity contribution in [2.45, 2.75) is 13.5 Å². The number of aromatic nitrogens is 4. The first-order valence-corrected chi connectivity index (χ1v) is 5.23. The molecular formula is C9H10BrN5. The average Bonchev–Trinajstić information content (AvgIpc) is 2.66. The minimum Gasteiger partial charge on any atom is -0.324 e. The zero-order valence-electron chi connectivity index (χ0n) is 8.18. The average molecular weight is 268 g/mol. The van der Waals surface area contributed by atoms with E-state index in [-0.39, 0.29) is 0 Å². The molecule has 0 saturated carbocycles. The van der Waals surface area contributed by atoms with Crippen LogP contribution in [0.4, 0.5) is 0 Å². The molecule has 2 N–H and O–H groups in total. The molecule has 0 saturated heterocycles. The van der Waals surface area contributed by atoms with Gasteiger partial charge in [0.1, 0.15) is 6.33 Å². The lowest BCUT2D eigenvalue weighted by Gasteiger charge is -2.02. The first kappa shape index (κ1) is 10.3. The Labute approximate surface area is 95.5 Å². The summed E-state index contributed by atoms with van der Waals surface area (Å²) in [5, 5.41) is 4.18. The molecule has 2 heterocycles. The Bertz CT molecular complexity index is 479. The molecule has 0 spiro atoms. The molecule has 0 fully saturated rings. The molecule has 78 valence electrons. The Hall–Kier alpha value is -1.27. The standard InChI is InChI=1S/C9H10BrN5/c1-6-2-7(10)9(12-4-6)15-5-13-8(3-11)14-15/h2,4-5H,3,11H2,1H3. The fourth-order valence-corrected chi connectivity index (χ4v) is 1.83. The summed E-state index contributed by atoms with van der Waals surface area (Å²) in [5.41, 5.74) is 6.52. The van der Waals surface area contributed by atoms with Crippen LogP contribution in [0.5, 0.6) is 0 Å². The summed E-state index contributed by atoms with van der Waals surface area (Å²) >= 11 is 3.43. The number of nitrogens with two attached hydrogens (primary N) is 1. The molecule has 0 amide bonds. The van der Waals surface area contributed by atoms with Gasteiger partial charge in [-0.25, -0.2) is 14.6 Å². The molecular weight excluding hydrogens is 258 g/mol. The van der Waals surface area contributed by atoms with Crippen molar-refractivity contribution < 1.29 is 0 Å². The molecule has 6 heteroatoms. The van der Waals surface area contributed by atoms with Crippen LogP contribution in [-0.2, 0) is 6.54 Å². The van der Waals surface area contributed by atoms with Gasteiger partial charge in [-0.3, -0.25) is 0 Å². The number of pyridine rings is 1. The smallest absolute Gasteiger partial charge is 0.169 e. The van der Waals surface area contributed by atoms with E-state index in [0.29, 0.717) is 18.2 Å². The molecule has 15 heavy (non-hydrogen) atoms. The predicted octanol–water partition coefficient (Wildman–Crippen LogP) is 1.19. The summed E-state index contributed by atoms with van der Waals surface area (Å²) in [5.74, 6) is 1.32. The fourth-order valence-electron chi connectivity index (χ4n) is 1.19. The molecule has 0 aliphatic carbocycles. The quantitative estimate of drug-likeness (QED) is 0.888. The minimum absolute atomic E-state index is 0.330. The van der Waals surface area contributed by atoms with Gasteiger partial charge in [0.25, 0.3) is 0 Å². The second kappa shape index (κ2) is 4.08. The van der Waals surface area contributed by atoms with Gasteiger partial charge in [-0.15, -0.1) is 5.10 Å². The lowest BCUT2D eigenvalue weighted by atomic mass is 10.3. The van der Waals surface area contributed by atoms with E-state index in [1.54, 1.807) is 17.2 Å². The Morgan fingerprint density at radius 1 is 1.47 bits per heavy atom. The third-order valence-electron chi connectivity index (χ3n) is 1.90. The van der Waals surface area contributed by atoms with Crippen molar-refractivity contribution in [3.8, 4) is 5.82 Å². The lowest BCUT2D eigenvalue weighted by Crippen LogP contribution is -2.03. The first-order chi connectivity index (χ1) is 7.20. The van der Waals surface area contributed by atoms with Crippen LogP contribution in [0.15, 0.2) is 23.1 Å². The van der Waals surface area contributed by atoms with Gasteiger partial charge < -0.3 is 5.73 Å². The Kier molecular flexibility index (Phi) is 2.79. The number of nitrogens with zero attached hydrogens (tertiary/aromatic N) is 4. The topological polar surface area (TPSA) is 69.6 Å². The predicted molar refractivity (Wildman–Crippen MR) is 59.5 cm³/mol. The summed E-state index contributed by atoms with van der Waals surface area (Å²) in [6.07, 6.45) is 3.38. The second-order valence-electron chi connectivity index (χ2n) is 3.13. The molecule has 2 aromatic heterocycles.